The lowest BCUT2D eigenvalue weighted by Crippen LogP contribution is -2.54. The topological polar surface area (TPSA) is 64.8 Å². The van der Waals surface area contributed by atoms with Crippen LogP contribution >= 0.6 is 0 Å². The summed E-state index contributed by atoms with van der Waals surface area (Å²) in [5.74, 6) is -0.212. The quantitative estimate of drug-likeness (QED) is 0.352. The van der Waals surface area contributed by atoms with Gasteiger partial charge in [0, 0.05) is 68.4 Å². The minimum Gasteiger partial charge on any atom is -0.398 e. The van der Waals surface area contributed by atoms with Gasteiger partial charge in [-0.05, 0) is 62.2 Å². The van der Waals surface area contributed by atoms with E-state index in [0.717, 1.165) is 23.9 Å². The number of nitrogen functional groups attached to an aromatic ring is 1. The molecule has 4 rings (SSSR count). The highest BCUT2D eigenvalue weighted by Crippen LogP contribution is 2.36. The molecule has 2 aromatic rings. The molecular weight excluding hydrogens is 536 g/mol. The smallest absolute Gasteiger partial charge is 0.398 e. The Labute approximate surface area is 230 Å². The molecule has 2 fully saturated rings. The van der Waals surface area contributed by atoms with Gasteiger partial charge in [0.15, 0.2) is 0 Å². The van der Waals surface area contributed by atoms with Crippen molar-refractivity contribution in [2.75, 3.05) is 55.2 Å². The maximum absolute atomic E-state index is 13.3. The first-order valence-electron chi connectivity index (χ1n) is 13.4. The van der Waals surface area contributed by atoms with Crippen LogP contribution in [0.2, 0.25) is 0 Å². The van der Waals surface area contributed by atoms with Crippen molar-refractivity contribution in [2.24, 2.45) is 5.92 Å². The molecule has 6 nitrogen and oxygen atoms in total. The molecule has 0 spiro atoms. The van der Waals surface area contributed by atoms with E-state index in [1.165, 1.54) is 24.3 Å². The number of likely N-dealkylation sites (tertiary alicyclic amines) is 1. The van der Waals surface area contributed by atoms with Gasteiger partial charge in [0.1, 0.15) is 0 Å². The molecule has 220 valence electrons. The number of amides is 1. The summed E-state index contributed by atoms with van der Waals surface area (Å²) in [7, 11) is 0. The molecule has 40 heavy (non-hydrogen) atoms. The van der Waals surface area contributed by atoms with Crippen molar-refractivity contribution in [3.63, 3.8) is 0 Å². The Kier molecular flexibility index (Phi) is 8.77. The number of piperidine rings is 1. The van der Waals surface area contributed by atoms with Crippen molar-refractivity contribution in [3.05, 3.63) is 53.6 Å². The van der Waals surface area contributed by atoms with E-state index in [1.807, 2.05) is 23.6 Å². The predicted molar refractivity (Wildman–Crippen MR) is 143 cm³/mol. The number of nitrogens with two attached hydrogens (primary N) is 1. The number of anilines is 3. The molecule has 2 heterocycles. The maximum Gasteiger partial charge on any atom is 0.418 e. The standard InChI is InChI=1S/C28H35F6N5O/c1-18(19(2)37-13-15-38(16-14-37)23-6-3-20(4-7-23)27(29,30)31)26(40)39-11-9-21(10-12-39)36-22-5-8-25(35)24(17-22)28(32,33)34/h3-8,17-19,21,36H,9-16,35H2,1-2H3. The molecular formula is C28H35F6N5O. The molecule has 2 aliphatic rings. The van der Waals surface area contributed by atoms with Crippen LogP contribution in [0.5, 0.6) is 0 Å². The summed E-state index contributed by atoms with van der Waals surface area (Å²) < 4.78 is 78.1. The summed E-state index contributed by atoms with van der Waals surface area (Å²) in [6.45, 7) is 7.62. The van der Waals surface area contributed by atoms with Crippen LogP contribution in [-0.4, -0.2) is 67.1 Å². The van der Waals surface area contributed by atoms with E-state index in [-0.39, 0.29) is 29.6 Å². The van der Waals surface area contributed by atoms with Crippen LogP contribution in [0.1, 0.15) is 37.8 Å². The third-order valence-electron chi connectivity index (χ3n) is 8.10. The minimum atomic E-state index is -4.53. The molecule has 2 aliphatic heterocycles. The fourth-order valence-corrected chi connectivity index (χ4v) is 5.43. The number of hydrogen-bond donors (Lipinski definition) is 2. The van der Waals surface area contributed by atoms with E-state index in [1.54, 1.807) is 0 Å². The minimum absolute atomic E-state index is 0.0197. The zero-order valence-corrected chi connectivity index (χ0v) is 22.5. The Morgan fingerprint density at radius 3 is 2.02 bits per heavy atom. The van der Waals surface area contributed by atoms with Crippen LogP contribution in [0.4, 0.5) is 43.4 Å². The number of halogens is 6. The van der Waals surface area contributed by atoms with Crippen LogP contribution in [0.3, 0.4) is 0 Å². The Bertz CT molecular complexity index is 1150. The Hall–Kier alpha value is -3.15. The van der Waals surface area contributed by atoms with Gasteiger partial charge in [-0.15, -0.1) is 0 Å². The zero-order chi connectivity index (χ0) is 29.2. The highest BCUT2D eigenvalue weighted by molar-refractivity contribution is 5.79. The molecule has 0 aromatic heterocycles. The van der Waals surface area contributed by atoms with E-state index in [4.69, 9.17) is 5.73 Å². The number of rotatable bonds is 6. The first-order valence-corrected chi connectivity index (χ1v) is 13.4. The number of nitrogens with zero attached hydrogens (tertiary/aromatic N) is 3. The number of benzene rings is 2. The number of carbonyl (C=O) groups is 1. The largest absolute Gasteiger partial charge is 0.418 e. The van der Waals surface area contributed by atoms with Gasteiger partial charge in [0.2, 0.25) is 5.91 Å². The molecule has 12 heteroatoms. The number of carbonyl (C=O) groups excluding carboxylic acids is 1. The highest BCUT2D eigenvalue weighted by Gasteiger charge is 2.35. The van der Waals surface area contributed by atoms with Crippen LogP contribution in [-0.2, 0) is 17.1 Å². The van der Waals surface area contributed by atoms with Crippen molar-refractivity contribution in [1.29, 1.82) is 0 Å². The number of nitrogens with one attached hydrogen (secondary N) is 1. The monoisotopic (exact) mass is 571 g/mol. The Morgan fingerprint density at radius 2 is 1.48 bits per heavy atom. The first-order chi connectivity index (χ1) is 18.7. The van der Waals surface area contributed by atoms with Crippen molar-refractivity contribution >= 4 is 23.0 Å². The van der Waals surface area contributed by atoms with E-state index in [0.29, 0.717) is 57.8 Å². The summed E-state index contributed by atoms with van der Waals surface area (Å²) >= 11 is 0. The SMILES string of the molecule is CC(C(=O)N1CCC(Nc2ccc(N)c(C(F)(F)F)c2)CC1)C(C)N1CCN(c2ccc(C(F)(F)F)cc2)CC1. The van der Waals surface area contributed by atoms with Gasteiger partial charge in [-0.25, -0.2) is 0 Å². The average molecular weight is 572 g/mol. The van der Waals surface area contributed by atoms with E-state index in [2.05, 4.69) is 10.2 Å². The van der Waals surface area contributed by atoms with Crippen LogP contribution in [0, 0.1) is 5.92 Å². The van der Waals surface area contributed by atoms with Crippen molar-refractivity contribution < 1.29 is 31.1 Å². The van der Waals surface area contributed by atoms with Gasteiger partial charge in [-0.1, -0.05) is 6.92 Å². The molecule has 3 N–H and O–H groups in total. The van der Waals surface area contributed by atoms with Crippen molar-refractivity contribution in [2.45, 2.75) is 51.1 Å². The molecule has 0 saturated carbocycles. The Morgan fingerprint density at radius 1 is 0.875 bits per heavy atom. The van der Waals surface area contributed by atoms with Gasteiger partial charge in [-0.3, -0.25) is 9.69 Å². The van der Waals surface area contributed by atoms with Gasteiger partial charge >= 0.3 is 12.4 Å². The Balaban J connectivity index is 1.25. The van der Waals surface area contributed by atoms with Gasteiger partial charge in [-0.2, -0.15) is 26.3 Å². The first kappa shape index (κ1) is 29.8. The fraction of sp³-hybridized carbons (Fsp3) is 0.536. The molecule has 0 aliphatic carbocycles. The number of hydrogen-bond acceptors (Lipinski definition) is 5. The maximum atomic E-state index is 13.3. The summed E-state index contributed by atoms with van der Waals surface area (Å²) in [4.78, 5) is 19.4. The predicted octanol–water partition coefficient (Wildman–Crippen LogP) is 5.56. The van der Waals surface area contributed by atoms with Crippen molar-refractivity contribution in [1.82, 2.24) is 9.80 Å². The van der Waals surface area contributed by atoms with Crippen LogP contribution in [0.25, 0.3) is 0 Å². The third kappa shape index (κ3) is 6.94. The second kappa shape index (κ2) is 11.8. The lowest BCUT2D eigenvalue weighted by molar-refractivity contribution is -0.138. The normalized spacial score (nSPS) is 19.4. The number of alkyl halides is 6. The van der Waals surface area contributed by atoms with E-state index < -0.39 is 23.5 Å². The fourth-order valence-electron chi connectivity index (χ4n) is 5.43. The van der Waals surface area contributed by atoms with E-state index >= 15 is 0 Å². The van der Waals surface area contributed by atoms with Crippen molar-refractivity contribution in [3.8, 4) is 0 Å². The lowest BCUT2D eigenvalue weighted by Gasteiger charge is -2.42. The molecule has 2 unspecified atom stereocenters. The summed E-state index contributed by atoms with van der Waals surface area (Å²) in [5.41, 5.74) is 4.73. The second-order valence-corrected chi connectivity index (χ2v) is 10.6. The molecule has 2 atom stereocenters. The third-order valence-corrected chi connectivity index (χ3v) is 8.10. The highest BCUT2D eigenvalue weighted by atomic mass is 19.4. The molecule has 2 saturated heterocycles. The van der Waals surface area contributed by atoms with E-state index in [9.17, 15) is 31.1 Å². The lowest BCUT2D eigenvalue weighted by atomic mass is 9.97. The van der Waals surface area contributed by atoms with Gasteiger partial charge in [0.25, 0.3) is 0 Å². The average Bonchev–Trinajstić information content (AvgIpc) is 2.92. The van der Waals surface area contributed by atoms with Gasteiger partial charge in [0.05, 0.1) is 17.0 Å². The second-order valence-electron chi connectivity index (χ2n) is 10.6. The van der Waals surface area contributed by atoms with Crippen LogP contribution in [0.15, 0.2) is 42.5 Å². The summed E-state index contributed by atoms with van der Waals surface area (Å²) in [6, 6.07) is 8.91. The summed E-state index contributed by atoms with van der Waals surface area (Å²) in [6.07, 6.45) is -7.66. The van der Waals surface area contributed by atoms with Gasteiger partial charge < -0.3 is 20.9 Å². The summed E-state index contributed by atoms with van der Waals surface area (Å²) in [5, 5.41) is 3.15. The molecule has 1 amide bonds. The molecule has 2 aromatic carbocycles. The zero-order valence-electron chi connectivity index (χ0n) is 22.5. The molecule has 0 bridgehead atoms. The van der Waals surface area contributed by atoms with Crippen LogP contribution < -0.4 is 16.0 Å². The number of piperazine rings is 1. The molecule has 0 radical (unpaired) electrons.